The smallest absolute Gasteiger partial charge is 0.207 e. The molecule has 88 valence electrons. The normalized spacial score (nSPS) is 12.5. The largest absolute Gasteiger partial charge is 0.394 e. The topological polar surface area (TPSA) is 23.8 Å². The van der Waals surface area contributed by atoms with Gasteiger partial charge in [-0.3, -0.25) is 0 Å². The van der Waals surface area contributed by atoms with Gasteiger partial charge in [0.25, 0.3) is 5.92 Å². The molecule has 0 heterocycles. The van der Waals surface area contributed by atoms with E-state index in [1.165, 1.54) is 0 Å². The van der Waals surface area contributed by atoms with Crippen LogP contribution in [0.2, 0.25) is 0 Å². The molecule has 0 radical (unpaired) electrons. The Labute approximate surface area is 84.9 Å². The van der Waals surface area contributed by atoms with Crippen molar-refractivity contribution < 1.29 is 22.0 Å². The summed E-state index contributed by atoms with van der Waals surface area (Å²) in [7, 11) is 0. The third-order valence-corrected chi connectivity index (χ3v) is 1.79. The van der Waals surface area contributed by atoms with E-state index in [1.807, 2.05) is 6.07 Å². The van der Waals surface area contributed by atoms with Gasteiger partial charge in [0.05, 0.1) is 6.07 Å². The molecule has 0 saturated heterocycles. The fourth-order valence-electron chi connectivity index (χ4n) is 1.15. The van der Waals surface area contributed by atoms with Crippen LogP contribution in [-0.4, -0.2) is 12.1 Å². The van der Waals surface area contributed by atoms with Crippen molar-refractivity contribution in [3.63, 3.8) is 0 Å². The van der Waals surface area contributed by atoms with Gasteiger partial charge in [0.2, 0.25) is 0 Å². The van der Waals surface area contributed by atoms with E-state index in [-0.39, 0.29) is 12.8 Å². The van der Waals surface area contributed by atoms with Crippen LogP contribution in [0.25, 0.3) is 0 Å². The molecule has 0 aliphatic heterocycles. The van der Waals surface area contributed by atoms with Crippen molar-refractivity contribution in [2.75, 3.05) is 0 Å². The zero-order valence-electron chi connectivity index (χ0n) is 8.08. The van der Waals surface area contributed by atoms with E-state index in [0.29, 0.717) is 12.8 Å². The molecule has 0 saturated carbocycles. The van der Waals surface area contributed by atoms with E-state index in [9.17, 15) is 22.0 Å². The summed E-state index contributed by atoms with van der Waals surface area (Å²) in [6, 6.07) is 1.84. The Bertz CT molecular complexity index is 216. The molecular weight excluding hydrogens is 217 g/mol. The van der Waals surface area contributed by atoms with E-state index in [0.717, 1.165) is 0 Å². The predicted octanol–water partition coefficient (Wildman–Crippen LogP) is 4.05. The summed E-state index contributed by atoms with van der Waals surface area (Å²) in [5.41, 5.74) is 0. The Morgan fingerprint density at radius 3 is 2.00 bits per heavy atom. The molecule has 0 atom stereocenters. The number of hydrogen-bond acceptors (Lipinski definition) is 1. The van der Waals surface area contributed by atoms with Crippen LogP contribution in [0.15, 0.2) is 0 Å². The van der Waals surface area contributed by atoms with Gasteiger partial charge in [-0.25, -0.2) is 8.78 Å². The minimum Gasteiger partial charge on any atom is -0.207 e. The second-order valence-corrected chi connectivity index (χ2v) is 3.37. The van der Waals surface area contributed by atoms with Gasteiger partial charge in [0, 0.05) is 12.8 Å². The van der Waals surface area contributed by atoms with Crippen molar-refractivity contribution in [3.8, 4) is 6.07 Å². The number of nitrogens with zero attached hydrogens (tertiary/aromatic N) is 1. The van der Waals surface area contributed by atoms with E-state index < -0.39 is 24.9 Å². The molecule has 0 unspecified atom stereocenters. The molecule has 0 amide bonds. The standard InChI is InChI=1S/C9H12F5N/c10-8(11,7-9(12,13)14)5-3-1-2-4-6-15/h1-5,7H2. The lowest BCUT2D eigenvalue weighted by Gasteiger charge is -2.17. The maximum Gasteiger partial charge on any atom is 0.394 e. The molecular formula is C9H12F5N. The second kappa shape index (κ2) is 5.89. The first-order valence-corrected chi connectivity index (χ1v) is 4.58. The van der Waals surface area contributed by atoms with Crippen LogP contribution in [0, 0.1) is 11.3 Å². The van der Waals surface area contributed by atoms with E-state index in [2.05, 4.69) is 0 Å². The fourth-order valence-corrected chi connectivity index (χ4v) is 1.15. The first-order valence-electron chi connectivity index (χ1n) is 4.58. The highest BCUT2D eigenvalue weighted by molar-refractivity contribution is 4.72. The average Bonchev–Trinajstić information content (AvgIpc) is 1.99. The van der Waals surface area contributed by atoms with E-state index >= 15 is 0 Å². The van der Waals surface area contributed by atoms with Crippen molar-refractivity contribution in [1.29, 1.82) is 5.26 Å². The highest BCUT2D eigenvalue weighted by Crippen LogP contribution is 2.34. The molecule has 0 rings (SSSR count). The molecule has 0 bridgehead atoms. The SMILES string of the molecule is N#CCCCCCC(F)(F)CC(F)(F)F. The van der Waals surface area contributed by atoms with Gasteiger partial charge in [0.15, 0.2) is 0 Å². The van der Waals surface area contributed by atoms with Gasteiger partial charge in [-0.15, -0.1) is 0 Å². The minimum absolute atomic E-state index is 0.0186. The molecule has 0 spiro atoms. The highest BCUT2D eigenvalue weighted by atomic mass is 19.4. The zero-order valence-corrected chi connectivity index (χ0v) is 8.08. The molecule has 0 aromatic rings. The van der Waals surface area contributed by atoms with Crippen molar-refractivity contribution in [2.24, 2.45) is 0 Å². The third-order valence-electron chi connectivity index (χ3n) is 1.79. The maximum absolute atomic E-state index is 12.6. The summed E-state index contributed by atoms with van der Waals surface area (Å²) in [5, 5.41) is 8.13. The van der Waals surface area contributed by atoms with Gasteiger partial charge in [-0.1, -0.05) is 6.42 Å². The first kappa shape index (κ1) is 14.1. The third kappa shape index (κ3) is 9.44. The number of halogens is 5. The minimum atomic E-state index is -4.82. The summed E-state index contributed by atoms with van der Waals surface area (Å²) < 4.78 is 60.3. The van der Waals surface area contributed by atoms with Crippen LogP contribution in [0.4, 0.5) is 22.0 Å². The van der Waals surface area contributed by atoms with Gasteiger partial charge in [0.1, 0.15) is 6.42 Å². The predicted molar refractivity (Wildman–Crippen MR) is 44.3 cm³/mol. The summed E-state index contributed by atoms with van der Waals surface area (Å²) in [4.78, 5) is 0. The molecule has 0 N–H and O–H groups in total. The lowest BCUT2D eigenvalue weighted by molar-refractivity contribution is -0.189. The molecule has 0 aromatic heterocycles. The Morgan fingerprint density at radius 2 is 1.53 bits per heavy atom. The van der Waals surface area contributed by atoms with E-state index in [4.69, 9.17) is 5.26 Å². The molecule has 1 nitrogen and oxygen atoms in total. The summed E-state index contributed by atoms with van der Waals surface area (Å²) in [6.07, 6.45) is -6.55. The van der Waals surface area contributed by atoms with Crippen molar-refractivity contribution in [3.05, 3.63) is 0 Å². The van der Waals surface area contributed by atoms with Gasteiger partial charge in [-0.2, -0.15) is 18.4 Å². The first-order chi connectivity index (χ1) is 6.77. The Kier molecular flexibility index (Phi) is 5.55. The van der Waals surface area contributed by atoms with Crippen LogP contribution in [0.3, 0.4) is 0 Å². The van der Waals surface area contributed by atoms with Crippen LogP contribution < -0.4 is 0 Å². The van der Waals surface area contributed by atoms with E-state index in [1.54, 1.807) is 0 Å². The lowest BCUT2D eigenvalue weighted by Crippen LogP contribution is -2.25. The second-order valence-electron chi connectivity index (χ2n) is 3.37. The van der Waals surface area contributed by atoms with Crippen molar-refractivity contribution in [1.82, 2.24) is 0 Å². The summed E-state index contributed by atoms with van der Waals surface area (Å²) in [5.74, 6) is -3.68. The number of hydrogen-bond donors (Lipinski definition) is 0. The number of nitriles is 1. The Hall–Kier alpha value is -0.860. The Morgan fingerprint density at radius 1 is 0.933 bits per heavy atom. The van der Waals surface area contributed by atoms with Crippen molar-refractivity contribution >= 4 is 0 Å². The molecule has 0 fully saturated rings. The fraction of sp³-hybridized carbons (Fsp3) is 0.889. The number of unbranched alkanes of at least 4 members (excludes halogenated alkanes) is 3. The van der Waals surface area contributed by atoms with Crippen LogP contribution >= 0.6 is 0 Å². The van der Waals surface area contributed by atoms with Gasteiger partial charge >= 0.3 is 6.18 Å². The molecule has 15 heavy (non-hydrogen) atoms. The molecule has 0 aliphatic rings. The van der Waals surface area contributed by atoms with Crippen LogP contribution in [0.5, 0.6) is 0 Å². The molecule has 6 heteroatoms. The van der Waals surface area contributed by atoms with Crippen molar-refractivity contribution in [2.45, 2.75) is 50.6 Å². The molecule has 0 aromatic carbocycles. The maximum atomic E-state index is 12.6. The zero-order chi connectivity index (χ0) is 11.9. The molecule has 0 aliphatic carbocycles. The monoisotopic (exact) mass is 229 g/mol. The summed E-state index contributed by atoms with van der Waals surface area (Å²) >= 11 is 0. The number of rotatable bonds is 6. The van der Waals surface area contributed by atoms with Gasteiger partial charge in [-0.05, 0) is 12.8 Å². The quantitative estimate of drug-likeness (QED) is 0.498. The lowest BCUT2D eigenvalue weighted by atomic mass is 10.1. The average molecular weight is 229 g/mol. The van der Waals surface area contributed by atoms with Gasteiger partial charge < -0.3 is 0 Å². The highest BCUT2D eigenvalue weighted by Gasteiger charge is 2.42. The Balaban J connectivity index is 3.71. The summed E-state index contributed by atoms with van der Waals surface area (Å²) in [6.45, 7) is 0. The van der Waals surface area contributed by atoms with Crippen LogP contribution in [0.1, 0.15) is 38.5 Å². The number of alkyl halides is 5. The van der Waals surface area contributed by atoms with Crippen LogP contribution in [-0.2, 0) is 0 Å².